The molecule has 0 saturated carbocycles. The highest BCUT2D eigenvalue weighted by molar-refractivity contribution is 5.95. The third-order valence-electron chi connectivity index (χ3n) is 4.19. The lowest BCUT2D eigenvalue weighted by Crippen LogP contribution is -2.07. The minimum Gasteiger partial charge on any atom is -0.493 e. The number of amides is 1. The third-order valence-corrected chi connectivity index (χ3v) is 4.19. The maximum atomic E-state index is 12.0. The first-order valence-corrected chi connectivity index (χ1v) is 9.09. The largest absolute Gasteiger partial charge is 0.493 e. The summed E-state index contributed by atoms with van der Waals surface area (Å²) in [6, 6.07) is 15.7. The van der Waals surface area contributed by atoms with Crippen LogP contribution in [0, 0.1) is 11.3 Å². The summed E-state index contributed by atoms with van der Waals surface area (Å²) >= 11 is 0. The van der Waals surface area contributed by atoms with Gasteiger partial charge in [0.25, 0.3) is 0 Å². The Morgan fingerprint density at radius 1 is 1.21 bits per heavy atom. The van der Waals surface area contributed by atoms with Crippen molar-refractivity contribution in [2.24, 2.45) is 10.2 Å². The molecule has 8 nitrogen and oxygen atoms in total. The second-order valence-corrected chi connectivity index (χ2v) is 6.06. The number of aromatic nitrogens is 1. The van der Waals surface area contributed by atoms with Crippen LogP contribution in [-0.2, 0) is 16.1 Å². The maximum absolute atomic E-state index is 12.0. The van der Waals surface area contributed by atoms with Gasteiger partial charge in [0.2, 0.25) is 5.88 Å². The smallest absolute Gasteiger partial charge is 0.302 e. The number of ether oxygens (including phenoxy) is 2. The highest BCUT2D eigenvalue weighted by Gasteiger charge is 2.16. The molecule has 0 fully saturated rings. The summed E-state index contributed by atoms with van der Waals surface area (Å²) in [4.78, 5) is 12.0. The van der Waals surface area contributed by atoms with Crippen molar-refractivity contribution in [1.82, 2.24) is 4.57 Å². The molecule has 0 radical (unpaired) electrons. The van der Waals surface area contributed by atoms with E-state index in [-0.39, 0.29) is 18.2 Å². The van der Waals surface area contributed by atoms with Crippen molar-refractivity contribution < 1.29 is 19.4 Å². The molecule has 3 aromatic rings. The van der Waals surface area contributed by atoms with Crippen LogP contribution in [-0.4, -0.2) is 35.4 Å². The Bertz CT molecular complexity index is 1060. The van der Waals surface area contributed by atoms with E-state index in [0.29, 0.717) is 36.5 Å². The molecule has 0 bridgehead atoms. The Morgan fingerprint density at radius 3 is 2.69 bits per heavy atom. The molecule has 0 aliphatic rings. The molecule has 3 rings (SSSR count). The predicted octanol–water partition coefficient (Wildman–Crippen LogP) is 3.94. The van der Waals surface area contributed by atoms with Gasteiger partial charge in [-0.15, -0.1) is 10.2 Å². The minimum absolute atomic E-state index is 0.0736. The molecule has 0 aliphatic carbocycles. The Labute approximate surface area is 167 Å². The van der Waals surface area contributed by atoms with Crippen molar-refractivity contribution in [2.75, 3.05) is 19.8 Å². The van der Waals surface area contributed by atoms with Gasteiger partial charge < -0.3 is 19.1 Å². The fourth-order valence-electron chi connectivity index (χ4n) is 2.80. The normalized spacial score (nSPS) is 11.0. The molecular formula is C21H20N4O4. The number of benzene rings is 2. The molecule has 1 heterocycles. The van der Waals surface area contributed by atoms with Gasteiger partial charge in [-0.05, 0) is 37.3 Å². The van der Waals surface area contributed by atoms with Crippen molar-refractivity contribution in [3.05, 3.63) is 54.1 Å². The lowest BCUT2D eigenvalue weighted by atomic mass is 10.2. The van der Waals surface area contributed by atoms with E-state index in [1.54, 1.807) is 34.9 Å². The van der Waals surface area contributed by atoms with Crippen LogP contribution in [0.5, 0.6) is 11.6 Å². The number of rotatable bonds is 8. The van der Waals surface area contributed by atoms with Gasteiger partial charge in [-0.25, -0.2) is 0 Å². The highest BCUT2D eigenvalue weighted by atomic mass is 16.5. The lowest BCUT2D eigenvalue weighted by Gasteiger charge is -2.06. The van der Waals surface area contributed by atoms with Gasteiger partial charge in [0.05, 0.1) is 23.8 Å². The fraction of sp³-hybridized carbons (Fsp3) is 0.238. The maximum Gasteiger partial charge on any atom is 0.302 e. The van der Waals surface area contributed by atoms with E-state index in [2.05, 4.69) is 10.2 Å². The zero-order chi connectivity index (χ0) is 20.6. The van der Waals surface area contributed by atoms with E-state index in [1.807, 2.05) is 31.2 Å². The number of hydrogen-bond acceptors (Lipinski definition) is 6. The number of nitrogens with zero attached hydrogens (tertiary/aromatic N) is 4. The monoisotopic (exact) mass is 392 g/mol. The quantitative estimate of drug-likeness (QED) is 0.461. The predicted molar refractivity (Wildman–Crippen MR) is 106 cm³/mol. The Kier molecular flexibility index (Phi) is 6.55. The average Bonchev–Trinajstić information content (AvgIpc) is 3.02. The van der Waals surface area contributed by atoms with Gasteiger partial charge in [-0.1, -0.05) is 18.2 Å². The van der Waals surface area contributed by atoms with Crippen molar-refractivity contribution in [3.63, 3.8) is 0 Å². The van der Waals surface area contributed by atoms with Gasteiger partial charge >= 0.3 is 5.91 Å². The van der Waals surface area contributed by atoms with E-state index in [1.165, 1.54) is 0 Å². The van der Waals surface area contributed by atoms with Crippen molar-refractivity contribution in [1.29, 1.82) is 5.26 Å². The summed E-state index contributed by atoms with van der Waals surface area (Å²) < 4.78 is 12.4. The fourth-order valence-corrected chi connectivity index (χ4v) is 2.80. The standard InChI is InChI=1S/C21H20N4O4/c1-2-28-12-11-25-18-6-4-3-5-17(18)20(21(25)27)24-23-19(26)14-29-16-9-7-15(13-22)8-10-16/h3-10,27H,2,11-12,14H2,1H3. The van der Waals surface area contributed by atoms with E-state index in [0.717, 1.165) is 5.52 Å². The number of azo groups is 1. The second-order valence-electron chi connectivity index (χ2n) is 6.06. The molecule has 0 unspecified atom stereocenters. The highest BCUT2D eigenvalue weighted by Crippen LogP contribution is 2.38. The Morgan fingerprint density at radius 2 is 1.97 bits per heavy atom. The van der Waals surface area contributed by atoms with E-state index >= 15 is 0 Å². The number of aromatic hydroxyl groups is 1. The molecule has 2 aromatic carbocycles. The van der Waals surface area contributed by atoms with Gasteiger partial charge in [-0.3, -0.25) is 4.79 Å². The van der Waals surface area contributed by atoms with Crippen molar-refractivity contribution in [2.45, 2.75) is 13.5 Å². The topological polar surface area (TPSA) is 109 Å². The van der Waals surface area contributed by atoms with Crippen molar-refractivity contribution >= 4 is 22.5 Å². The lowest BCUT2D eigenvalue weighted by molar-refractivity contribution is -0.120. The molecule has 1 amide bonds. The van der Waals surface area contributed by atoms with Crippen LogP contribution in [0.2, 0.25) is 0 Å². The summed E-state index contributed by atoms with van der Waals surface area (Å²) in [6.45, 7) is 3.07. The molecule has 8 heteroatoms. The summed E-state index contributed by atoms with van der Waals surface area (Å²) in [7, 11) is 0. The minimum atomic E-state index is -0.597. The number of fused-ring (bicyclic) bond motifs is 1. The molecule has 1 aromatic heterocycles. The Balaban J connectivity index is 1.72. The summed E-state index contributed by atoms with van der Waals surface area (Å²) in [6.07, 6.45) is 0. The first-order valence-electron chi connectivity index (χ1n) is 9.09. The van der Waals surface area contributed by atoms with Gasteiger partial charge in [-0.2, -0.15) is 5.26 Å². The first kappa shape index (κ1) is 20.0. The Hall–Kier alpha value is -3.70. The molecule has 0 spiro atoms. The SMILES string of the molecule is CCOCCn1c(O)c(N=NC(=O)COc2ccc(C#N)cc2)c2ccccc21. The number of nitriles is 1. The molecule has 0 aliphatic heterocycles. The second kappa shape index (κ2) is 9.48. The van der Waals surface area contributed by atoms with Gasteiger partial charge in [0.1, 0.15) is 5.75 Å². The average molecular weight is 392 g/mol. The van der Waals surface area contributed by atoms with Gasteiger partial charge in [0.15, 0.2) is 12.3 Å². The zero-order valence-electron chi connectivity index (χ0n) is 15.9. The van der Waals surface area contributed by atoms with Gasteiger partial charge in [0, 0.05) is 18.5 Å². The zero-order valence-corrected chi connectivity index (χ0v) is 15.9. The van der Waals surface area contributed by atoms with Crippen LogP contribution in [0.15, 0.2) is 58.8 Å². The molecule has 29 heavy (non-hydrogen) atoms. The summed E-state index contributed by atoms with van der Waals surface area (Å²) in [5.74, 6) is -0.224. The molecule has 0 saturated heterocycles. The number of carbonyl (C=O) groups is 1. The molecule has 0 atom stereocenters. The van der Waals surface area contributed by atoms with Crippen LogP contribution < -0.4 is 4.74 Å². The molecule has 148 valence electrons. The van der Waals surface area contributed by atoms with Crippen LogP contribution in [0.4, 0.5) is 5.69 Å². The number of para-hydroxylation sites is 1. The summed E-state index contributed by atoms with van der Waals surface area (Å²) in [5, 5.41) is 27.7. The van der Waals surface area contributed by atoms with E-state index < -0.39 is 5.91 Å². The van der Waals surface area contributed by atoms with Crippen LogP contribution in [0.3, 0.4) is 0 Å². The molecular weight excluding hydrogens is 372 g/mol. The van der Waals surface area contributed by atoms with Crippen LogP contribution in [0.25, 0.3) is 10.9 Å². The van der Waals surface area contributed by atoms with E-state index in [9.17, 15) is 9.90 Å². The number of hydrogen-bond donors (Lipinski definition) is 1. The van der Waals surface area contributed by atoms with Crippen LogP contribution in [0.1, 0.15) is 12.5 Å². The summed E-state index contributed by atoms with van der Waals surface area (Å²) in [5.41, 5.74) is 1.50. The van der Waals surface area contributed by atoms with E-state index in [4.69, 9.17) is 14.7 Å². The number of carbonyl (C=O) groups excluding carboxylic acids is 1. The van der Waals surface area contributed by atoms with Crippen LogP contribution >= 0.6 is 0 Å². The first-order chi connectivity index (χ1) is 14.1. The third kappa shape index (κ3) is 4.78. The van der Waals surface area contributed by atoms with Crippen molar-refractivity contribution in [3.8, 4) is 17.7 Å². The molecule has 1 N–H and O–H groups in total.